The van der Waals surface area contributed by atoms with Crippen LogP contribution >= 0.6 is 0 Å². The van der Waals surface area contributed by atoms with Gasteiger partial charge in [-0.15, -0.1) is 0 Å². The van der Waals surface area contributed by atoms with Crippen LogP contribution in [0.15, 0.2) is 77.4 Å². The molecule has 0 saturated carbocycles. The number of aliphatic carboxylic acids is 1. The summed E-state index contributed by atoms with van der Waals surface area (Å²) >= 11 is 0. The molecule has 39 heavy (non-hydrogen) atoms. The van der Waals surface area contributed by atoms with Gasteiger partial charge in [0.05, 0.1) is 17.1 Å². The minimum absolute atomic E-state index is 0.0310. The van der Waals surface area contributed by atoms with Crippen molar-refractivity contribution in [3.8, 4) is 0 Å². The lowest BCUT2D eigenvalue weighted by Gasteiger charge is -2.34. The number of carboxylic acids is 1. The Balaban J connectivity index is 1.44. The summed E-state index contributed by atoms with van der Waals surface area (Å²) in [5.74, 6) is -0.914. The monoisotopic (exact) mass is 542 g/mol. The van der Waals surface area contributed by atoms with E-state index >= 15 is 0 Å². The highest BCUT2D eigenvalue weighted by atomic mass is 19.4. The number of rotatable bonds is 9. The number of fused-ring (bicyclic) bond motifs is 1. The average molecular weight is 543 g/mol. The third-order valence-corrected chi connectivity index (χ3v) is 6.94. The molecule has 0 bridgehead atoms. The molecule has 3 aromatic rings. The van der Waals surface area contributed by atoms with Gasteiger partial charge in [0.1, 0.15) is 5.52 Å². The normalized spacial score (nSPS) is 17.2. The van der Waals surface area contributed by atoms with E-state index < -0.39 is 29.2 Å². The molecular weight excluding hydrogens is 513 g/mol. The van der Waals surface area contributed by atoms with Crippen molar-refractivity contribution in [3.05, 3.63) is 89.7 Å². The number of allylic oxidation sites excluding steroid dienone is 4. The third-order valence-electron chi connectivity index (χ3n) is 6.94. The van der Waals surface area contributed by atoms with Crippen LogP contribution in [-0.2, 0) is 15.7 Å². The number of ether oxygens (including phenoxy) is 1. The summed E-state index contributed by atoms with van der Waals surface area (Å²) in [4.78, 5) is 16.0. The zero-order chi connectivity index (χ0) is 28.2. The highest BCUT2D eigenvalue weighted by Gasteiger charge is 2.42. The van der Waals surface area contributed by atoms with Gasteiger partial charge in [-0.3, -0.25) is 4.79 Å². The summed E-state index contributed by atoms with van der Waals surface area (Å²) in [7, 11) is 0. The van der Waals surface area contributed by atoms with Gasteiger partial charge in [0.2, 0.25) is 0 Å². The summed E-state index contributed by atoms with van der Waals surface area (Å²) in [5, 5.41) is 23.4. The molecule has 10 heteroatoms. The number of halogens is 3. The lowest BCUT2D eigenvalue weighted by atomic mass is 9.75. The van der Waals surface area contributed by atoms with Crippen molar-refractivity contribution in [2.24, 2.45) is 5.41 Å². The first kappa shape index (κ1) is 28.1. The molecule has 1 aliphatic rings. The molecule has 1 fully saturated rings. The van der Waals surface area contributed by atoms with Crippen molar-refractivity contribution in [2.45, 2.75) is 38.5 Å². The molecule has 1 saturated heterocycles. The smallest absolute Gasteiger partial charge is 0.416 e. The van der Waals surface area contributed by atoms with Crippen molar-refractivity contribution >= 4 is 28.7 Å². The number of aliphatic hydroxyl groups is 1. The molecule has 1 aromatic heterocycles. The molecule has 0 radical (unpaired) electrons. The van der Waals surface area contributed by atoms with E-state index in [2.05, 4.69) is 16.9 Å². The molecule has 7 nitrogen and oxygen atoms in total. The van der Waals surface area contributed by atoms with E-state index in [1.165, 1.54) is 12.1 Å². The van der Waals surface area contributed by atoms with E-state index in [4.69, 9.17) is 9.15 Å². The number of anilines is 1. The van der Waals surface area contributed by atoms with Gasteiger partial charge in [0.25, 0.3) is 6.01 Å². The van der Waals surface area contributed by atoms with Gasteiger partial charge in [-0.05, 0) is 73.2 Å². The van der Waals surface area contributed by atoms with Crippen molar-refractivity contribution in [1.29, 1.82) is 0 Å². The molecule has 2 heterocycles. The van der Waals surface area contributed by atoms with Gasteiger partial charge >= 0.3 is 12.1 Å². The fourth-order valence-corrected chi connectivity index (χ4v) is 4.48. The number of aromatic nitrogens is 1. The second-order valence-corrected chi connectivity index (χ2v) is 9.54. The molecule has 3 N–H and O–H groups in total. The summed E-state index contributed by atoms with van der Waals surface area (Å²) < 4.78 is 49.7. The van der Waals surface area contributed by atoms with Gasteiger partial charge in [-0.25, -0.2) is 0 Å². The maximum atomic E-state index is 13.0. The number of alkyl halides is 3. The summed E-state index contributed by atoms with van der Waals surface area (Å²) in [6.07, 6.45) is 0.518. The van der Waals surface area contributed by atoms with Crippen LogP contribution in [0.25, 0.3) is 16.7 Å². The zero-order valence-electron chi connectivity index (χ0n) is 21.3. The number of carbonyl (C=O) groups is 1. The lowest BCUT2D eigenvalue weighted by Crippen LogP contribution is -2.38. The summed E-state index contributed by atoms with van der Waals surface area (Å²) in [6, 6.07) is 10.4. The molecular formula is C29H29F3N2O5. The zero-order valence-corrected chi connectivity index (χ0v) is 21.3. The van der Waals surface area contributed by atoms with Crippen molar-refractivity contribution in [1.82, 2.24) is 4.98 Å². The van der Waals surface area contributed by atoms with Gasteiger partial charge < -0.3 is 24.7 Å². The van der Waals surface area contributed by atoms with Gasteiger partial charge in [0, 0.05) is 18.9 Å². The number of nitrogens with one attached hydrogen (secondary N) is 1. The predicted molar refractivity (Wildman–Crippen MR) is 141 cm³/mol. The molecule has 4 rings (SSSR count). The Morgan fingerprint density at radius 2 is 1.87 bits per heavy atom. The molecule has 206 valence electrons. The molecule has 0 aliphatic carbocycles. The lowest BCUT2D eigenvalue weighted by molar-refractivity contribution is -0.157. The van der Waals surface area contributed by atoms with E-state index in [9.17, 15) is 28.2 Å². The van der Waals surface area contributed by atoms with E-state index in [1.54, 1.807) is 18.2 Å². The average Bonchev–Trinajstić information content (AvgIpc) is 3.32. The van der Waals surface area contributed by atoms with E-state index in [1.807, 2.05) is 25.1 Å². The first-order valence-electron chi connectivity index (χ1n) is 12.4. The SMILES string of the molecule is C=C/C(=C\C=C(/C)c1ccc(C(O)CC2(C(=O)O)CCOCC2)cc1)Nc1nc2cc(C(F)(F)F)ccc2o1. The highest BCUT2D eigenvalue weighted by molar-refractivity contribution is 5.76. The first-order valence-corrected chi connectivity index (χ1v) is 12.4. The second kappa shape index (κ2) is 11.5. The molecule has 1 unspecified atom stereocenters. The minimum Gasteiger partial charge on any atom is -0.481 e. The molecule has 0 amide bonds. The first-order chi connectivity index (χ1) is 18.5. The van der Waals surface area contributed by atoms with Crippen LogP contribution in [0, 0.1) is 5.41 Å². The van der Waals surface area contributed by atoms with E-state index in [0.717, 1.165) is 23.3 Å². The standard InChI is InChI=1S/C29H29F3N2O5/c1-3-22(33-27-34-23-16-21(29(30,31)32)9-11-25(23)39-27)10-4-18(2)19-5-7-20(8-6-19)24(35)17-28(26(36)37)12-14-38-15-13-28/h3-11,16,24,35H,1,12-15,17H2,2H3,(H,33,34)(H,36,37)/b18-4+,22-10+. The minimum atomic E-state index is -4.48. The van der Waals surface area contributed by atoms with Crippen LogP contribution in [0.1, 0.15) is 49.0 Å². The number of oxazole rings is 1. The summed E-state index contributed by atoms with van der Waals surface area (Å²) in [6.45, 7) is 6.37. The van der Waals surface area contributed by atoms with Crippen LogP contribution in [-0.4, -0.2) is 34.4 Å². The largest absolute Gasteiger partial charge is 0.481 e. The number of aliphatic hydroxyl groups excluding tert-OH is 1. The van der Waals surface area contributed by atoms with Crippen LogP contribution < -0.4 is 5.32 Å². The Bertz CT molecular complexity index is 1400. The maximum Gasteiger partial charge on any atom is 0.416 e. The second-order valence-electron chi connectivity index (χ2n) is 9.54. The van der Waals surface area contributed by atoms with Gasteiger partial charge in [-0.2, -0.15) is 18.2 Å². The van der Waals surface area contributed by atoms with Gasteiger partial charge in [-0.1, -0.05) is 36.9 Å². The molecule has 1 atom stereocenters. The Labute approximate surface area is 223 Å². The van der Waals surface area contributed by atoms with Crippen molar-refractivity contribution in [2.75, 3.05) is 18.5 Å². The summed E-state index contributed by atoms with van der Waals surface area (Å²) in [5.41, 5.74) is 1.40. The van der Waals surface area contributed by atoms with Crippen LogP contribution in [0.4, 0.5) is 19.2 Å². The number of benzene rings is 2. The maximum absolute atomic E-state index is 13.0. The Hall–Kier alpha value is -3.89. The molecule has 0 spiro atoms. The number of nitrogens with zero attached hydrogens (tertiary/aromatic N) is 1. The highest BCUT2D eigenvalue weighted by Crippen LogP contribution is 2.40. The van der Waals surface area contributed by atoms with Crippen molar-refractivity contribution < 1.29 is 37.3 Å². The van der Waals surface area contributed by atoms with Crippen LogP contribution in [0.5, 0.6) is 0 Å². The fourth-order valence-electron chi connectivity index (χ4n) is 4.48. The quantitative estimate of drug-likeness (QED) is 0.257. The van der Waals surface area contributed by atoms with E-state index in [0.29, 0.717) is 37.3 Å². The van der Waals surface area contributed by atoms with Crippen LogP contribution in [0.3, 0.4) is 0 Å². The van der Waals surface area contributed by atoms with Crippen LogP contribution in [0.2, 0.25) is 0 Å². The number of hydrogen-bond acceptors (Lipinski definition) is 6. The third kappa shape index (κ3) is 6.58. The Morgan fingerprint density at radius 1 is 1.18 bits per heavy atom. The van der Waals surface area contributed by atoms with Crippen molar-refractivity contribution in [3.63, 3.8) is 0 Å². The molecule has 2 aromatic carbocycles. The predicted octanol–water partition coefficient (Wildman–Crippen LogP) is 6.74. The topological polar surface area (TPSA) is 105 Å². The van der Waals surface area contributed by atoms with E-state index in [-0.39, 0.29) is 23.5 Å². The molecule has 1 aliphatic heterocycles. The van der Waals surface area contributed by atoms with Gasteiger partial charge in [0.15, 0.2) is 5.58 Å². The Morgan fingerprint density at radius 3 is 2.49 bits per heavy atom. The number of hydrogen-bond donors (Lipinski definition) is 3. The Kier molecular flexibility index (Phi) is 8.27. The fraction of sp³-hybridized carbons (Fsp3) is 0.310. The number of carboxylic acid groups (broad SMARTS) is 1.